The third-order valence-electron chi connectivity index (χ3n) is 8.46. The highest BCUT2D eigenvalue weighted by molar-refractivity contribution is 6.32. The van der Waals surface area contributed by atoms with E-state index in [0.717, 1.165) is 0 Å². The zero-order valence-corrected chi connectivity index (χ0v) is 22.1. The molecule has 2 saturated carbocycles. The third kappa shape index (κ3) is 3.79. The van der Waals surface area contributed by atoms with Gasteiger partial charge in [0, 0.05) is 23.6 Å². The molecule has 0 saturated heterocycles. The Morgan fingerprint density at radius 1 is 1.15 bits per heavy atom. The Morgan fingerprint density at radius 2 is 1.85 bits per heavy atom. The molecule has 6 atom stereocenters. The number of hydrogen-bond donors (Lipinski definition) is 3. The van der Waals surface area contributed by atoms with Gasteiger partial charge in [-0.15, -0.1) is 0 Å². The minimum Gasteiger partial charge on any atom is -0.507 e. The molecule has 3 aliphatic rings. The molecule has 5 rings (SSSR count). The molecule has 3 aliphatic carbocycles. The molecule has 2 unspecified atom stereocenters. The summed E-state index contributed by atoms with van der Waals surface area (Å²) in [6, 6.07) is 2.38. The summed E-state index contributed by atoms with van der Waals surface area (Å²) in [5, 5.41) is 23.0. The fourth-order valence-electron chi connectivity index (χ4n) is 6.86. The van der Waals surface area contributed by atoms with E-state index >= 15 is 0 Å². The number of amides is 1. The van der Waals surface area contributed by atoms with E-state index in [2.05, 4.69) is 0 Å². The molecule has 206 valence electrons. The molecule has 11 nitrogen and oxygen atoms in total. The molecule has 0 spiro atoms. The molecule has 4 N–H and O–H groups in total. The van der Waals surface area contributed by atoms with E-state index in [-0.39, 0.29) is 24.2 Å². The number of likely N-dealkylation sites (N-methyl/N-ethyl adjacent to an activating group) is 1. The van der Waals surface area contributed by atoms with Crippen LogP contribution >= 0.6 is 0 Å². The molecular weight excluding hydrogens is 506 g/mol. The van der Waals surface area contributed by atoms with E-state index in [4.69, 9.17) is 10.2 Å². The van der Waals surface area contributed by atoms with Gasteiger partial charge in [-0.3, -0.25) is 28.9 Å². The van der Waals surface area contributed by atoms with Crippen molar-refractivity contribution < 1.29 is 38.6 Å². The monoisotopic (exact) mass is 537 g/mol. The Hall–Kier alpha value is -3.67. The number of hydrogen-bond acceptors (Lipinski definition) is 10. The molecule has 0 bridgehead atoms. The lowest BCUT2D eigenvalue weighted by Gasteiger charge is -2.52. The highest BCUT2D eigenvalue weighted by Crippen LogP contribution is 2.52. The Morgan fingerprint density at radius 3 is 2.41 bits per heavy atom. The molecule has 1 aromatic carbocycles. The number of rotatable bonds is 5. The summed E-state index contributed by atoms with van der Waals surface area (Å²) in [7, 11) is 6.72. The lowest BCUT2D eigenvalue weighted by Crippen LogP contribution is -2.74. The fourth-order valence-corrected chi connectivity index (χ4v) is 6.86. The first-order chi connectivity index (χ1) is 18.3. The van der Waals surface area contributed by atoms with Crippen molar-refractivity contribution in [2.45, 2.75) is 31.0 Å². The van der Waals surface area contributed by atoms with Gasteiger partial charge in [0.05, 0.1) is 30.0 Å². The zero-order valence-electron chi connectivity index (χ0n) is 22.1. The number of primary amides is 1. The highest BCUT2D eigenvalue weighted by atomic mass is 16.3. The number of furan rings is 1. The number of fused-ring (bicyclic) bond motifs is 3. The summed E-state index contributed by atoms with van der Waals surface area (Å²) >= 11 is 0. The number of aromatic hydroxyl groups is 1. The van der Waals surface area contributed by atoms with E-state index in [1.807, 2.05) is 4.90 Å². The van der Waals surface area contributed by atoms with E-state index in [9.17, 15) is 34.2 Å². The minimum absolute atomic E-state index is 0.00503. The van der Waals surface area contributed by atoms with Crippen LogP contribution in [-0.2, 0) is 32.1 Å². The minimum atomic E-state index is -2.75. The van der Waals surface area contributed by atoms with Crippen molar-refractivity contribution in [3.05, 3.63) is 41.3 Å². The summed E-state index contributed by atoms with van der Waals surface area (Å²) in [4.78, 5) is 70.1. The summed E-state index contributed by atoms with van der Waals surface area (Å²) in [5.74, 6) is -10.6. The average molecular weight is 538 g/mol. The van der Waals surface area contributed by atoms with Crippen molar-refractivity contribution >= 4 is 29.0 Å². The molecular formula is C28H31N3O8. The predicted octanol–water partition coefficient (Wildman–Crippen LogP) is 0.189. The zero-order chi connectivity index (χ0) is 28.5. The van der Waals surface area contributed by atoms with Crippen LogP contribution in [0.3, 0.4) is 0 Å². The van der Waals surface area contributed by atoms with E-state index < -0.39 is 64.4 Å². The topological polar surface area (TPSA) is 171 Å². The van der Waals surface area contributed by atoms with Gasteiger partial charge in [0.25, 0.3) is 0 Å². The predicted molar refractivity (Wildman–Crippen MR) is 136 cm³/mol. The fraction of sp³-hybridized carbons (Fsp3) is 0.464. The van der Waals surface area contributed by atoms with Crippen LogP contribution < -0.4 is 5.73 Å². The number of aliphatic hydroxyl groups is 1. The third-order valence-corrected chi connectivity index (χ3v) is 8.46. The average Bonchev–Trinajstić information content (AvgIpc) is 3.37. The second-order valence-corrected chi connectivity index (χ2v) is 11.3. The van der Waals surface area contributed by atoms with Crippen molar-refractivity contribution in [1.29, 1.82) is 0 Å². The van der Waals surface area contributed by atoms with Gasteiger partial charge >= 0.3 is 0 Å². The van der Waals surface area contributed by atoms with Crippen LogP contribution in [0, 0.1) is 23.7 Å². The Kier molecular flexibility index (Phi) is 6.36. The van der Waals surface area contributed by atoms with E-state index in [0.29, 0.717) is 28.8 Å². The Labute approximate surface area is 224 Å². The van der Waals surface area contributed by atoms with Crippen LogP contribution in [-0.4, -0.2) is 88.9 Å². The Balaban J connectivity index is 1.69. The number of carbonyl (C=O) groups is 5. The van der Waals surface area contributed by atoms with Crippen molar-refractivity contribution in [3.8, 4) is 16.9 Å². The molecule has 11 heteroatoms. The Bertz CT molecular complexity index is 1410. The molecule has 2 aromatic rings. The van der Waals surface area contributed by atoms with Gasteiger partial charge in [-0.05, 0) is 70.2 Å². The second kappa shape index (κ2) is 9.22. The maximum Gasteiger partial charge on any atom is 0.235 e. The SMILES string of the molecule is CN(C)Cc1cc(-c2ccoc2)c2c(c1O)C(=O)C1C(=O)[C@@]3(O)C(=O)C(C(N)=O)C(=O)[C@H](N(C)C)[C@H]3C[C@H]1C2. The molecule has 39 heavy (non-hydrogen) atoms. The van der Waals surface area contributed by atoms with Crippen LogP contribution in [0.4, 0.5) is 0 Å². The molecule has 1 aromatic heterocycles. The van der Waals surface area contributed by atoms with Crippen LogP contribution in [0.15, 0.2) is 29.1 Å². The molecule has 1 amide bonds. The number of phenolic OH excluding ortho intramolecular Hbond substituents is 1. The van der Waals surface area contributed by atoms with Gasteiger partial charge in [-0.1, -0.05) is 0 Å². The molecule has 0 aliphatic heterocycles. The molecule has 1 heterocycles. The van der Waals surface area contributed by atoms with Gasteiger partial charge < -0.3 is 25.3 Å². The second-order valence-electron chi connectivity index (χ2n) is 11.3. The number of Topliss-reactive ketones (excluding diaryl/α,β-unsaturated/α-hetero) is 4. The normalized spacial score (nSPS) is 30.4. The maximum absolute atomic E-state index is 14.1. The van der Waals surface area contributed by atoms with Crippen LogP contribution in [0.1, 0.15) is 27.9 Å². The summed E-state index contributed by atoms with van der Waals surface area (Å²) in [6.07, 6.45) is 3.20. The van der Waals surface area contributed by atoms with Crippen molar-refractivity contribution in [2.24, 2.45) is 29.4 Å². The summed E-state index contributed by atoms with van der Waals surface area (Å²) in [6.45, 7) is 0.302. The van der Waals surface area contributed by atoms with Crippen molar-refractivity contribution in [2.75, 3.05) is 28.2 Å². The highest BCUT2D eigenvalue weighted by Gasteiger charge is 2.69. The standard InChI is InChI=1S/C28H31N3O8/c1-30(2)10-14-8-15(12-5-6-39-11-12)16-7-13-9-17-21(31(3)4)24(34)20(27(29)37)26(36)28(17,38)25(35)18(13)23(33)19(16)22(14)32/h5-6,8,11,13,17-18,20-21,32,38H,7,9-10H2,1-4H3,(H2,29,37)/t13-,17-,18?,20?,21-,28-/m1/s1. The van der Waals surface area contributed by atoms with Crippen molar-refractivity contribution in [1.82, 2.24) is 9.80 Å². The van der Waals surface area contributed by atoms with Crippen LogP contribution in [0.2, 0.25) is 0 Å². The van der Waals surface area contributed by atoms with Gasteiger partial charge in [0.1, 0.15) is 5.75 Å². The number of nitrogens with zero attached hydrogens (tertiary/aromatic N) is 2. The maximum atomic E-state index is 14.1. The summed E-state index contributed by atoms with van der Waals surface area (Å²) in [5.41, 5.74) is 4.94. The van der Waals surface area contributed by atoms with Gasteiger partial charge in [0.15, 0.2) is 34.7 Å². The summed E-state index contributed by atoms with van der Waals surface area (Å²) < 4.78 is 5.28. The number of benzene rings is 1. The number of phenols is 1. The number of carbonyl (C=O) groups excluding carboxylic acids is 5. The first kappa shape index (κ1) is 26.9. The lowest BCUT2D eigenvalue weighted by atomic mass is 9.52. The van der Waals surface area contributed by atoms with E-state index in [1.54, 1.807) is 40.3 Å². The first-order valence-electron chi connectivity index (χ1n) is 12.7. The van der Waals surface area contributed by atoms with Crippen LogP contribution in [0.25, 0.3) is 11.1 Å². The van der Waals surface area contributed by atoms with Crippen molar-refractivity contribution in [3.63, 3.8) is 0 Å². The first-order valence-corrected chi connectivity index (χ1v) is 12.7. The largest absolute Gasteiger partial charge is 0.507 e. The smallest absolute Gasteiger partial charge is 0.235 e. The van der Waals surface area contributed by atoms with Crippen LogP contribution in [0.5, 0.6) is 5.75 Å². The van der Waals surface area contributed by atoms with E-state index in [1.165, 1.54) is 17.4 Å². The molecule has 2 fully saturated rings. The van der Waals surface area contributed by atoms with Gasteiger partial charge in [0.2, 0.25) is 5.91 Å². The van der Waals surface area contributed by atoms with Gasteiger partial charge in [-0.25, -0.2) is 0 Å². The number of nitrogens with two attached hydrogens (primary N) is 1. The number of ketones is 4. The quantitative estimate of drug-likeness (QED) is 0.447. The lowest BCUT2D eigenvalue weighted by molar-refractivity contribution is -0.181. The molecule has 0 radical (unpaired) electrons. The van der Waals surface area contributed by atoms with Gasteiger partial charge in [-0.2, -0.15) is 0 Å².